The molecular formula is C9H9F3IN. The Morgan fingerprint density at radius 3 is 2.36 bits per heavy atom. The van der Waals surface area contributed by atoms with Crippen molar-refractivity contribution >= 4 is 22.6 Å². The second-order valence-electron chi connectivity index (χ2n) is 2.96. The van der Waals surface area contributed by atoms with Gasteiger partial charge in [-0.1, -0.05) is 0 Å². The fourth-order valence-corrected chi connectivity index (χ4v) is 2.22. The summed E-state index contributed by atoms with van der Waals surface area (Å²) in [7, 11) is 0. The number of aryl methyl sites for hydroxylation is 1. The van der Waals surface area contributed by atoms with Gasteiger partial charge >= 0.3 is 6.18 Å². The van der Waals surface area contributed by atoms with E-state index in [1.54, 1.807) is 0 Å². The van der Waals surface area contributed by atoms with E-state index in [1.165, 1.54) is 19.1 Å². The number of hydrogen-bond acceptors (Lipinski definition) is 1. The van der Waals surface area contributed by atoms with Gasteiger partial charge in [-0.2, -0.15) is 13.2 Å². The van der Waals surface area contributed by atoms with Crippen molar-refractivity contribution in [1.82, 2.24) is 0 Å². The molecule has 0 aromatic heterocycles. The molecular weight excluding hydrogens is 306 g/mol. The van der Waals surface area contributed by atoms with E-state index >= 15 is 0 Å². The molecule has 0 bridgehead atoms. The predicted molar refractivity (Wildman–Crippen MR) is 56.8 cm³/mol. The molecule has 1 aromatic carbocycles. The third-order valence-electron chi connectivity index (χ3n) is 1.89. The van der Waals surface area contributed by atoms with Crippen LogP contribution in [0, 0.1) is 10.5 Å². The van der Waals surface area contributed by atoms with Crippen molar-refractivity contribution in [3.8, 4) is 0 Å². The number of nitrogens with two attached hydrogens (primary N) is 1. The fourth-order valence-electron chi connectivity index (χ4n) is 1.38. The first kappa shape index (κ1) is 11.8. The van der Waals surface area contributed by atoms with Gasteiger partial charge in [0.1, 0.15) is 0 Å². The molecule has 2 N–H and O–H groups in total. The third kappa shape index (κ3) is 2.38. The summed E-state index contributed by atoms with van der Waals surface area (Å²) in [6, 6.07) is 2.97. The van der Waals surface area contributed by atoms with Gasteiger partial charge in [0.05, 0.1) is 5.56 Å². The van der Waals surface area contributed by atoms with Gasteiger partial charge in [0, 0.05) is 10.1 Å². The average molecular weight is 315 g/mol. The lowest BCUT2D eigenvalue weighted by molar-refractivity contribution is -0.138. The largest absolute Gasteiger partial charge is 0.416 e. The van der Waals surface area contributed by atoms with Gasteiger partial charge in [0.25, 0.3) is 0 Å². The van der Waals surface area contributed by atoms with Crippen LogP contribution < -0.4 is 5.73 Å². The van der Waals surface area contributed by atoms with E-state index in [9.17, 15) is 13.2 Å². The van der Waals surface area contributed by atoms with Gasteiger partial charge in [0.15, 0.2) is 0 Å². The van der Waals surface area contributed by atoms with Crippen LogP contribution in [-0.2, 0) is 12.7 Å². The van der Waals surface area contributed by atoms with Crippen LogP contribution in [0.25, 0.3) is 0 Å². The lowest BCUT2D eigenvalue weighted by atomic mass is 10.0. The molecule has 0 atom stereocenters. The van der Waals surface area contributed by atoms with E-state index in [-0.39, 0.29) is 17.7 Å². The molecule has 0 unspecified atom stereocenters. The van der Waals surface area contributed by atoms with Gasteiger partial charge in [-0.15, -0.1) is 0 Å². The van der Waals surface area contributed by atoms with Crippen molar-refractivity contribution in [3.05, 3.63) is 32.4 Å². The van der Waals surface area contributed by atoms with Gasteiger partial charge in [-0.3, -0.25) is 0 Å². The molecule has 1 nitrogen and oxygen atoms in total. The molecule has 0 saturated carbocycles. The quantitative estimate of drug-likeness (QED) is 0.792. The lowest BCUT2D eigenvalue weighted by Crippen LogP contribution is -2.14. The smallest absolute Gasteiger partial charge is 0.326 e. The third-order valence-corrected chi connectivity index (χ3v) is 2.51. The van der Waals surface area contributed by atoms with Crippen molar-refractivity contribution in [3.63, 3.8) is 0 Å². The van der Waals surface area contributed by atoms with E-state index in [2.05, 4.69) is 0 Å². The van der Waals surface area contributed by atoms with Gasteiger partial charge < -0.3 is 5.73 Å². The predicted octanol–water partition coefficient (Wildman–Crippen LogP) is 3.08. The van der Waals surface area contributed by atoms with Crippen LogP contribution in [0.4, 0.5) is 13.2 Å². The van der Waals surface area contributed by atoms with Crippen LogP contribution in [-0.4, -0.2) is 0 Å². The summed E-state index contributed by atoms with van der Waals surface area (Å²) in [4.78, 5) is 0. The minimum Gasteiger partial charge on any atom is -0.326 e. The van der Waals surface area contributed by atoms with E-state index in [0.29, 0.717) is 0 Å². The molecule has 5 heteroatoms. The highest BCUT2D eigenvalue weighted by Gasteiger charge is 2.34. The Morgan fingerprint density at radius 1 is 1.36 bits per heavy atom. The molecule has 14 heavy (non-hydrogen) atoms. The highest BCUT2D eigenvalue weighted by Crippen LogP contribution is 2.35. The zero-order valence-corrected chi connectivity index (χ0v) is 9.61. The minimum atomic E-state index is -4.32. The van der Waals surface area contributed by atoms with Crippen molar-refractivity contribution in [2.75, 3.05) is 0 Å². The summed E-state index contributed by atoms with van der Waals surface area (Å²) in [6.45, 7) is 1.36. The van der Waals surface area contributed by atoms with E-state index < -0.39 is 11.7 Å². The molecule has 1 rings (SSSR count). The molecule has 0 fully saturated rings. The lowest BCUT2D eigenvalue weighted by Gasteiger charge is -2.15. The van der Waals surface area contributed by atoms with Crippen LogP contribution in [0.3, 0.4) is 0 Å². The molecule has 0 heterocycles. The SMILES string of the molecule is Cc1cc(I)cc(CN)c1C(F)(F)F. The first-order valence-electron chi connectivity index (χ1n) is 3.92. The standard InChI is InChI=1S/C9H9F3IN/c1-5-2-7(13)3-6(4-14)8(5)9(10,11)12/h2-3H,4,14H2,1H3. The van der Waals surface area contributed by atoms with Crippen molar-refractivity contribution in [1.29, 1.82) is 0 Å². The van der Waals surface area contributed by atoms with Gasteiger partial charge in [-0.25, -0.2) is 0 Å². The monoisotopic (exact) mass is 315 g/mol. The topological polar surface area (TPSA) is 26.0 Å². The van der Waals surface area contributed by atoms with Crippen LogP contribution >= 0.6 is 22.6 Å². The van der Waals surface area contributed by atoms with Crippen molar-refractivity contribution in [2.45, 2.75) is 19.6 Å². The molecule has 0 saturated heterocycles. The zero-order chi connectivity index (χ0) is 10.9. The number of rotatable bonds is 1. The Bertz CT molecular complexity index is 347. The molecule has 0 aliphatic carbocycles. The first-order valence-corrected chi connectivity index (χ1v) is 5.00. The summed E-state index contributed by atoms with van der Waals surface area (Å²) >= 11 is 1.98. The number of hydrogen-bond donors (Lipinski definition) is 1. The number of halogens is 4. The van der Waals surface area contributed by atoms with E-state index in [4.69, 9.17) is 5.73 Å². The normalized spacial score (nSPS) is 11.9. The van der Waals surface area contributed by atoms with Crippen LogP contribution in [0.2, 0.25) is 0 Å². The maximum atomic E-state index is 12.6. The second-order valence-corrected chi connectivity index (χ2v) is 4.20. The summed E-state index contributed by atoms with van der Waals surface area (Å²) in [5.41, 5.74) is 5.07. The Morgan fingerprint density at radius 2 is 1.93 bits per heavy atom. The number of benzene rings is 1. The first-order chi connectivity index (χ1) is 6.36. The summed E-state index contributed by atoms with van der Waals surface area (Å²) in [5, 5.41) is 0. The summed E-state index contributed by atoms with van der Waals surface area (Å²) < 4.78 is 38.5. The van der Waals surface area contributed by atoms with Crippen LogP contribution in [0.15, 0.2) is 12.1 Å². The molecule has 0 spiro atoms. The molecule has 0 aliphatic rings. The number of alkyl halides is 3. The summed E-state index contributed by atoms with van der Waals surface area (Å²) in [5.74, 6) is 0. The fraction of sp³-hybridized carbons (Fsp3) is 0.333. The maximum Gasteiger partial charge on any atom is 0.416 e. The Labute approximate surface area is 93.6 Å². The van der Waals surface area contributed by atoms with Crippen molar-refractivity contribution < 1.29 is 13.2 Å². The Kier molecular flexibility index (Phi) is 3.41. The maximum absolute atomic E-state index is 12.6. The Balaban J connectivity index is 3.40. The molecule has 0 aliphatic heterocycles. The van der Waals surface area contributed by atoms with Crippen LogP contribution in [0.5, 0.6) is 0 Å². The summed E-state index contributed by atoms with van der Waals surface area (Å²) in [6.07, 6.45) is -4.32. The minimum absolute atomic E-state index is 0.0907. The average Bonchev–Trinajstić information content (AvgIpc) is 1.99. The zero-order valence-electron chi connectivity index (χ0n) is 7.45. The van der Waals surface area contributed by atoms with Gasteiger partial charge in [-0.05, 0) is 52.8 Å². The second kappa shape index (κ2) is 4.06. The molecule has 78 valence electrons. The highest BCUT2D eigenvalue weighted by molar-refractivity contribution is 14.1. The van der Waals surface area contributed by atoms with Crippen LogP contribution in [0.1, 0.15) is 16.7 Å². The molecule has 1 aromatic rings. The van der Waals surface area contributed by atoms with Crippen molar-refractivity contribution in [2.24, 2.45) is 5.73 Å². The highest BCUT2D eigenvalue weighted by atomic mass is 127. The van der Waals surface area contributed by atoms with E-state index in [1.807, 2.05) is 22.6 Å². The van der Waals surface area contributed by atoms with E-state index in [0.717, 1.165) is 3.57 Å². The Hall–Kier alpha value is -0.300. The molecule has 0 amide bonds. The molecule has 0 radical (unpaired) electrons. The van der Waals surface area contributed by atoms with Gasteiger partial charge in [0.2, 0.25) is 0 Å².